The summed E-state index contributed by atoms with van der Waals surface area (Å²) >= 11 is 0. The lowest BCUT2D eigenvalue weighted by Crippen LogP contribution is -2.05. The average Bonchev–Trinajstić information content (AvgIpc) is 2.94. The second-order valence-corrected chi connectivity index (χ2v) is 4.37. The van der Waals surface area contributed by atoms with Crippen LogP contribution >= 0.6 is 0 Å². The molecule has 0 saturated carbocycles. The largest absolute Gasteiger partial charge is 0.463 e. The van der Waals surface area contributed by atoms with Gasteiger partial charge in [-0.2, -0.15) is 0 Å². The minimum absolute atomic E-state index is 0.110. The number of rotatable bonds is 5. The van der Waals surface area contributed by atoms with E-state index < -0.39 is 5.97 Å². The van der Waals surface area contributed by atoms with Gasteiger partial charge in [0.1, 0.15) is 5.76 Å². The summed E-state index contributed by atoms with van der Waals surface area (Å²) in [5.41, 5.74) is 1.61. The van der Waals surface area contributed by atoms with E-state index in [4.69, 9.17) is 4.42 Å². The van der Waals surface area contributed by atoms with Crippen molar-refractivity contribution in [3.8, 4) is 0 Å². The number of furan rings is 1. The summed E-state index contributed by atoms with van der Waals surface area (Å²) in [6.07, 6.45) is 0. The van der Waals surface area contributed by atoms with E-state index in [1.807, 2.05) is 12.1 Å². The van der Waals surface area contributed by atoms with E-state index in [0.717, 1.165) is 11.4 Å². The zero-order chi connectivity index (χ0) is 15.2. The van der Waals surface area contributed by atoms with Crippen LogP contribution in [0.4, 0.5) is 11.4 Å². The van der Waals surface area contributed by atoms with Gasteiger partial charge in [0.25, 0.3) is 0 Å². The first-order valence-corrected chi connectivity index (χ1v) is 6.37. The Balaban J connectivity index is 1.92. The first-order valence-electron chi connectivity index (χ1n) is 6.37. The zero-order valence-corrected chi connectivity index (χ0v) is 11.8. The molecule has 0 aliphatic rings. The van der Waals surface area contributed by atoms with Gasteiger partial charge in [-0.1, -0.05) is 0 Å². The highest BCUT2D eigenvalue weighted by Gasteiger charge is 2.10. The second kappa shape index (κ2) is 6.60. The first kappa shape index (κ1) is 14.6. The number of hydrogen-bond donors (Lipinski definition) is 2. The zero-order valence-electron chi connectivity index (χ0n) is 11.8. The van der Waals surface area contributed by atoms with E-state index in [9.17, 15) is 9.59 Å². The lowest BCUT2D eigenvalue weighted by atomic mass is 10.2. The van der Waals surface area contributed by atoms with E-state index in [2.05, 4.69) is 15.4 Å². The highest BCUT2D eigenvalue weighted by molar-refractivity contribution is 5.88. The van der Waals surface area contributed by atoms with Crippen LogP contribution in [0.15, 0.2) is 40.8 Å². The molecule has 0 fully saturated rings. The maximum Gasteiger partial charge on any atom is 0.373 e. The van der Waals surface area contributed by atoms with E-state index in [0.29, 0.717) is 12.3 Å². The molecule has 2 N–H and O–H groups in total. The first-order chi connectivity index (χ1) is 10.1. The third-order valence-electron chi connectivity index (χ3n) is 2.72. The van der Waals surface area contributed by atoms with Crippen LogP contribution in [-0.2, 0) is 16.1 Å². The van der Waals surface area contributed by atoms with Gasteiger partial charge in [0.2, 0.25) is 11.7 Å². The number of amides is 1. The molecule has 0 atom stereocenters. The van der Waals surface area contributed by atoms with Gasteiger partial charge in [0.05, 0.1) is 13.7 Å². The van der Waals surface area contributed by atoms with Crippen LogP contribution < -0.4 is 10.6 Å². The lowest BCUT2D eigenvalue weighted by Gasteiger charge is -2.06. The van der Waals surface area contributed by atoms with E-state index in [-0.39, 0.29) is 11.7 Å². The molecule has 0 bridgehead atoms. The molecule has 1 aromatic heterocycles. The molecule has 2 rings (SSSR count). The van der Waals surface area contributed by atoms with Crippen LogP contribution in [0.1, 0.15) is 23.2 Å². The number of benzene rings is 1. The molecule has 0 spiro atoms. The standard InChI is InChI=1S/C15H16N2O4/c1-10(18)17-12-5-3-11(4-6-12)16-9-13-7-8-14(21-13)15(19)20-2/h3-8,16H,9H2,1-2H3,(H,17,18). The molecule has 0 unspecified atom stereocenters. The number of anilines is 2. The molecule has 0 aliphatic heterocycles. The minimum Gasteiger partial charge on any atom is -0.463 e. The van der Waals surface area contributed by atoms with Crippen molar-refractivity contribution in [1.82, 2.24) is 0 Å². The minimum atomic E-state index is -0.499. The molecule has 6 heteroatoms. The van der Waals surface area contributed by atoms with Gasteiger partial charge in [-0.15, -0.1) is 0 Å². The van der Waals surface area contributed by atoms with Crippen molar-refractivity contribution in [2.24, 2.45) is 0 Å². The summed E-state index contributed by atoms with van der Waals surface area (Å²) in [5.74, 6) is 0.194. The van der Waals surface area contributed by atoms with Crippen molar-refractivity contribution in [2.75, 3.05) is 17.7 Å². The van der Waals surface area contributed by atoms with Gasteiger partial charge < -0.3 is 19.8 Å². The Morgan fingerprint density at radius 3 is 2.38 bits per heavy atom. The molecule has 0 aliphatic carbocycles. The number of esters is 1. The third-order valence-corrected chi connectivity index (χ3v) is 2.72. The number of ether oxygens (including phenoxy) is 1. The quantitative estimate of drug-likeness (QED) is 0.827. The number of methoxy groups -OCH3 is 1. The molecule has 1 aromatic carbocycles. The average molecular weight is 288 g/mol. The topological polar surface area (TPSA) is 80.6 Å². The molecule has 21 heavy (non-hydrogen) atoms. The number of carbonyl (C=O) groups excluding carboxylic acids is 2. The van der Waals surface area contributed by atoms with Crippen LogP contribution in [0.2, 0.25) is 0 Å². The molecule has 1 amide bonds. The lowest BCUT2D eigenvalue weighted by molar-refractivity contribution is -0.114. The Kier molecular flexibility index (Phi) is 4.61. The van der Waals surface area contributed by atoms with E-state index >= 15 is 0 Å². The molecular weight excluding hydrogens is 272 g/mol. The van der Waals surface area contributed by atoms with Crippen LogP contribution in [-0.4, -0.2) is 19.0 Å². The maximum atomic E-state index is 11.3. The fourth-order valence-electron chi connectivity index (χ4n) is 1.75. The van der Waals surface area contributed by atoms with Crippen molar-refractivity contribution in [3.05, 3.63) is 47.9 Å². The highest BCUT2D eigenvalue weighted by Crippen LogP contribution is 2.15. The monoisotopic (exact) mass is 288 g/mol. The van der Waals surface area contributed by atoms with Crippen LogP contribution in [0, 0.1) is 0 Å². The van der Waals surface area contributed by atoms with Gasteiger partial charge in [0.15, 0.2) is 0 Å². The summed E-state index contributed by atoms with van der Waals surface area (Å²) < 4.78 is 9.91. The number of nitrogens with one attached hydrogen (secondary N) is 2. The van der Waals surface area contributed by atoms with Crippen molar-refractivity contribution in [2.45, 2.75) is 13.5 Å². The molecule has 1 heterocycles. The fourth-order valence-corrected chi connectivity index (χ4v) is 1.75. The predicted octanol–water partition coefficient (Wildman–Crippen LogP) is 2.64. The summed E-state index contributed by atoms with van der Waals surface area (Å²) in [6.45, 7) is 1.90. The van der Waals surface area contributed by atoms with Crippen molar-refractivity contribution < 1.29 is 18.7 Å². The van der Waals surface area contributed by atoms with Gasteiger partial charge in [0, 0.05) is 18.3 Å². The summed E-state index contributed by atoms with van der Waals surface area (Å²) in [4.78, 5) is 22.2. The Hall–Kier alpha value is -2.76. The Morgan fingerprint density at radius 2 is 1.76 bits per heavy atom. The Bertz CT molecular complexity index is 631. The van der Waals surface area contributed by atoms with Gasteiger partial charge >= 0.3 is 5.97 Å². The Morgan fingerprint density at radius 1 is 1.10 bits per heavy atom. The van der Waals surface area contributed by atoms with Crippen LogP contribution in [0.5, 0.6) is 0 Å². The van der Waals surface area contributed by atoms with Crippen LogP contribution in [0.3, 0.4) is 0 Å². The van der Waals surface area contributed by atoms with Gasteiger partial charge in [-0.3, -0.25) is 4.79 Å². The van der Waals surface area contributed by atoms with Gasteiger partial charge in [-0.05, 0) is 36.4 Å². The maximum absolute atomic E-state index is 11.3. The van der Waals surface area contributed by atoms with E-state index in [1.54, 1.807) is 24.3 Å². The Labute approximate surface area is 122 Å². The van der Waals surface area contributed by atoms with Crippen molar-refractivity contribution in [1.29, 1.82) is 0 Å². The molecule has 0 radical (unpaired) electrons. The van der Waals surface area contributed by atoms with Crippen molar-refractivity contribution in [3.63, 3.8) is 0 Å². The van der Waals surface area contributed by atoms with Gasteiger partial charge in [-0.25, -0.2) is 4.79 Å². The number of carbonyl (C=O) groups is 2. The van der Waals surface area contributed by atoms with Crippen LogP contribution in [0.25, 0.3) is 0 Å². The summed E-state index contributed by atoms with van der Waals surface area (Å²) in [7, 11) is 1.30. The third kappa shape index (κ3) is 4.10. The molecule has 0 saturated heterocycles. The highest BCUT2D eigenvalue weighted by atomic mass is 16.5. The van der Waals surface area contributed by atoms with E-state index in [1.165, 1.54) is 14.0 Å². The molecule has 2 aromatic rings. The molecular formula is C15H16N2O4. The molecule has 110 valence electrons. The molecule has 6 nitrogen and oxygen atoms in total. The summed E-state index contributed by atoms with van der Waals surface area (Å²) in [5, 5.41) is 5.84. The predicted molar refractivity (Wildman–Crippen MR) is 78.1 cm³/mol. The normalized spacial score (nSPS) is 10.0. The SMILES string of the molecule is COC(=O)c1ccc(CNc2ccc(NC(C)=O)cc2)o1. The second-order valence-electron chi connectivity index (χ2n) is 4.37. The fraction of sp³-hybridized carbons (Fsp3) is 0.200. The smallest absolute Gasteiger partial charge is 0.373 e. The number of hydrogen-bond acceptors (Lipinski definition) is 5. The summed E-state index contributed by atoms with van der Waals surface area (Å²) in [6, 6.07) is 10.6. The van der Waals surface area contributed by atoms with Crippen molar-refractivity contribution >= 4 is 23.3 Å².